The Kier molecular flexibility index (Phi) is 16.0. The highest BCUT2D eigenvalue weighted by molar-refractivity contribution is 6.00. The Morgan fingerprint density at radius 1 is 1.01 bits per heavy atom. The molecular formula is C48H70FN7O13. The molecule has 1 aromatic heterocycles. The SMILES string of the molecule is CC[C@H]1OC(=O)[C@H](C)C(=O)[C@H](C)[C@@H](O[C@@H]2O[C@H](C)C[C@H](N(C)CCc3cn(C[C@H]4CN(c5ccc(N6CCOCC6)c(F)c5)C(=O)O4)nn3)[C@H]2O)[C@](C)(OC)C[C@@H](C)C(=O)[C@@H](C)[C@H]2NC(=O)O[C@@]21C. The van der Waals surface area contributed by atoms with E-state index in [0.717, 1.165) is 0 Å². The van der Waals surface area contributed by atoms with Crippen LogP contribution >= 0.6 is 0 Å². The molecule has 7 rings (SSSR count). The van der Waals surface area contributed by atoms with Crippen molar-refractivity contribution in [3.05, 3.63) is 35.9 Å². The number of benzene rings is 1. The number of ether oxygens (including phenoxy) is 7. The number of morpholine rings is 1. The fraction of sp³-hybridized carbons (Fsp3) is 0.729. The number of aliphatic hydroxyl groups is 1. The number of rotatable bonds is 12. The maximum absolute atomic E-state index is 15.2. The first-order valence-electron chi connectivity index (χ1n) is 24.2. The van der Waals surface area contributed by atoms with Crippen molar-refractivity contribution in [2.45, 2.75) is 148 Å². The molecule has 5 aliphatic rings. The van der Waals surface area contributed by atoms with Crippen molar-refractivity contribution in [1.82, 2.24) is 25.2 Å². The third-order valence-corrected chi connectivity index (χ3v) is 15.0. The third kappa shape index (κ3) is 10.9. The molecular weight excluding hydrogens is 902 g/mol. The number of alkyl carbamates (subject to hydrolysis) is 1. The van der Waals surface area contributed by atoms with Gasteiger partial charge in [0, 0.05) is 63.2 Å². The molecule has 382 valence electrons. The van der Waals surface area contributed by atoms with E-state index in [1.165, 1.54) is 25.0 Å². The molecule has 20 nitrogen and oxygen atoms in total. The zero-order chi connectivity index (χ0) is 50.1. The van der Waals surface area contributed by atoms with Crippen LogP contribution in [0, 0.1) is 29.5 Å². The number of hydrogen-bond donors (Lipinski definition) is 2. The lowest BCUT2D eigenvalue weighted by atomic mass is 9.73. The number of amides is 2. The number of ketones is 2. The summed E-state index contributed by atoms with van der Waals surface area (Å²) in [5, 5.41) is 23.4. The molecule has 0 spiro atoms. The zero-order valence-corrected chi connectivity index (χ0v) is 41.4. The van der Waals surface area contributed by atoms with Crippen molar-refractivity contribution in [3.8, 4) is 0 Å². The van der Waals surface area contributed by atoms with Crippen molar-refractivity contribution in [1.29, 1.82) is 0 Å². The van der Waals surface area contributed by atoms with E-state index in [9.17, 15) is 29.1 Å². The van der Waals surface area contributed by atoms with Gasteiger partial charge in [0.25, 0.3) is 0 Å². The predicted octanol–water partition coefficient (Wildman–Crippen LogP) is 3.68. The summed E-state index contributed by atoms with van der Waals surface area (Å²) in [5.74, 6) is -5.69. The molecule has 0 aliphatic carbocycles. The third-order valence-electron chi connectivity index (χ3n) is 15.0. The highest BCUT2D eigenvalue weighted by Crippen LogP contribution is 2.40. The van der Waals surface area contributed by atoms with Crippen LogP contribution in [0.5, 0.6) is 0 Å². The molecule has 69 heavy (non-hydrogen) atoms. The Morgan fingerprint density at radius 3 is 2.42 bits per heavy atom. The predicted molar refractivity (Wildman–Crippen MR) is 246 cm³/mol. The van der Waals surface area contributed by atoms with Gasteiger partial charge in [0.1, 0.15) is 35.8 Å². The van der Waals surface area contributed by atoms with Gasteiger partial charge in [-0.2, -0.15) is 0 Å². The second-order valence-corrected chi connectivity index (χ2v) is 19.9. The van der Waals surface area contributed by atoms with E-state index < -0.39 is 114 Å². The molecule has 0 saturated carbocycles. The molecule has 0 unspecified atom stereocenters. The van der Waals surface area contributed by atoms with Gasteiger partial charge >= 0.3 is 18.2 Å². The summed E-state index contributed by atoms with van der Waals surface area (Å²) in [6.07, 6.45) is -3.81. The summed E-state index contributed by atoms with van der Waals surface area (Å²) >= 11 is 0. The number of carbonyl (C=O) groups excluding carboxylic acids is 5. The molecule has 2 N–H and O–H groups in total. The Hall–Kier alpha value is -4.80. The van der Waals surface area contributed by atoms with Crippen LogP contribution in [0.25, 0.3) is 0 Å². The lowest BCUT2D eigenvalue weighted by Crippen LogP contribution is -2.60. The van der Waals surface area contributed by atoms with Crippen LogP contribution in [0.1, 0.15) is 80.3 Å². The standard InChI is InChI=1S/C48H70FN7O13/c1-11-37-48(8)41(50-45(61)69-48)28(4)38(57)26(2)22-47(7,63-10)42(29(5)39(58)30(6)43(60)67-37)68-44-40(59)36(20-27(3)65-44)53(9)15-14-31-23-55(52-51-31)24-33-25-56(46(62)66-33)32-12-13-35(34(49)21-32)54-16-18-64-19-17-54/h12-13,21,23,26-30,33,36-37,40-42,44,59H,11,14-20,22,24-25H2,1-10H3,(H,50,61)/t26-,27-,28-,29+,30-,33+,36+,37-,40-,41-,42-,44+,47-,48-/m1/s1. The minimum Gasteiger partial charge on any atom is -0.458 e. The van der Waals surface area contributed by atoms with Gasteiger partial charge in [0.2, 0.25) is 0 Å². The molecule has 21 heteroatoms. The number of Topliss-reactive ketones (excluding diaryl/α,β-unsaturated/α-hetero) is 2. The van der Waals surface area contributed by atoms with Crippen LogP contribution in [0.15, 0.2) is 24.4 Å². The molecule has 1 aromatic carbocycles. The Bertz CT molecular complexity index is 2190. The number of anilines is 2. The molecule has 14 atom stereocenters. The molecule has 5 fully saturated rings. The van der Waals surface area contributed by atoms with E-state index in [0.29, 0.717) is 62.8 Å². The van der Waals surface area contributed by atoms with Gasteiger partial charge in [0.15, 0.2) is 17.7 Å². The van der Waals surface area contributed by atoms with E-state index in [1.807, 2.05) is 23.8 Å². The second kappa shape index (κ2) is 21.3. The second-order valence-electron chi connectivity index (χ2n) is 19.9. The van der Waals surface area contributed by atoms with Crippen LogP contribution in [0.2, 0.25) is 0 Å². The molecule has 5 saturated heterocycles. The Labute approximate surface area is 402 Å². The lowest BCUT2D eigenvalue weighted by Gasteiger charge is -2.47. The number of hydrogen-bond acceptors (Lipinski definition) is 17. The van der Waals surface area contributed by atoms with E-state index in [4.69, 9.17) is 33.2 Å². The number of nitrogens with zero attached hydrogens (tertiary/aromatic N) is 6. The fourth-order valence-electron chi connectivity index (χ4n) is 10.9. The monoisotopic (exact) mass is 972 g/mol. The highest BCUT2D eigenvalue weighted by Gasteiger charge is 2.57. The zero-order valence-electron chi connectivity index (χ0n) is 41.4. The molecule has 2 amide bonds. The number of halogens is 1. The van der Waals surface area contributed by atoms with Crippen LogP contribution < -0.4 is 15.1 Å². The summed E-state index contributed by atoms with van der Waals surface area (Å²) in [7, 11) is 3.33. The summed E-state index contributed by atoms with van der Waals surface area (Å²) in [6.45, 7) is 16.6. The van der Waals surface area contributed by atoms with Gasteiger partial charge in [-0.05, 0) is 72.2 Å². The fourth-order valence-corrected chi connectivity index (χ4v) is 10.9. The largest absolute Gasteiger partial charge is 0.458 e. The van der Waals surface area contributed by atoms with Gasteiger partial charge in [-0.3, -0.25) is 19.3 Å². The number of aromatic nitrogens is 3. The van der Waals surface area contributed by atoms with Crippen LogP contribution in [0.4, 0.5) is 25.4 Å². The van der Waals surface area contributed by atoms with Gasteiger partial charge in [-0.25, -0.2) is 18.7 Å². The number of carbonyl (C=O) groups is 5. The minimum absolute atomic E-state index is 0.0799. The van der Waals surface area contributed by atoms with Crippen molar-refractivity contribution in [3.63, 3.8) is 0 Å². The van der Waals surface area contributed by atoms with Crippen molar-refractivity contribution < 1.29 is 66.6 Å². The van der Waals surface area contributed by atoms with Gasteiger partial charge in [-0.1, -0.05) is 32.9 Å². The number of esters is 1. The van der Waals surface area contributed by atoms with Crippen LogP contribution in [0.3, 0.4) is 0 Å². The van der Waals surface area contributed by atoms with Crippen molar-refractivity contribution in [2.24, 2.45) is 23.7 Å². The topological polar surface area (TPSA) is 223 Å². The first kappa shape index (κ1) is 52.0. The average molecular weight is 972 g/mol. The van der Waals surface area contributed by atoms with Gasteiger partial charge < -0.3 is 53.4 Å². The summed E-state index contributed by atoms with van der Waals surface area (Å²) in [6, 6.07) is 3.43. The average Bonchev–Trinajstić information content (AvgIpc) is 4.03. The van der Waals surface area contributed by atoms with Crippen molar-refractivity contribution >= 4 is 41.1 Å². The van der Waals surface area contributed by atoms with Crippen LogP contribution in [-0.2, 0) is 60.5 Å². The van der Waals surface area contributed by atoms with Gasteiger partial charge in [-0.15, -0.1) is 5.10 Å². The lowest BCUT2D eigenvalue weighted by molar-refractivity contribution is -0.296. The first-order valence-corrected chi connectivity index (χ1v) is 24.2. The molecule has 5 aliphatic heterocycles. The number of likely N-dealkylation sites (N-methyl/N-ethyl adjacent to an activating group) is 1. The molecule has 6 heterocycles. The number of methoxy groups -OCH3 is 1. The molecule has 0 radical (unpaired) electrons. The van der Waals surface area contributed by atoms with E-state index >= 15 is 4.39 Å². The molecule has 0 bridgehead atoms. The highest BCUT2D eigenvalue weighted by atomic mass is 19.1. The Morgan fingerprint density at radius 2 is 1.74 bits per heavy atom. The normalized spacial score (nSPS) is 36.2. The van der Waals surface area contributed by atoms with Crippen molar-refractivity contribution in [2.75, 3.05) is 63.4 Å². The summed E-state index contributed by atoms with van der Waals surface area (Å²) in [5.41, 5.74) is -1.20. The number of cyclic esters (lactones) is 2. The van der Waals surface area contributed by atoms with E-state index in [-0.39, 0.29) is 31.7 Å². The minimum atomic E-state index is -1.39. The maximum atomic E-state index is 15.2. The number of aliphatic hydroxyl groups excluding tert-OH is 1. The number of fused-ring (bicyclic) bond motifs is 1. The van der Waals surface area contributed by atoms with E-state index in [1.54, 1.807) is 64.6 Å². The summed E-state index contributed by atoms with van der Waals surface area (Å²) in [4.78, 5) is 73.3. The van der Waals surface area contributed by atoms with Crippen LogP contribution in [-0.4, -0.2) is 168 Å². The smallest absolute Gasteiger partial charge is 0.414 e. The first-order chi connectivity index (χ1) is 32.7. The van der Waals surface area contributed by atoms with E-state index in [2.05, 4.69) is 15.6 Å². The maximum Gasteiger partial charge on any atom is 0.414 e. The summed E-state index contributed by atoms with van der Waals surface area (Å²) < 4.78 is 58.6. The van der Waals surface area contributed by atoms with Gasteiger partial charge in [0.05, 0.1) is 67.2 Å². The Balaban J connectivity index is 1.01. The quantitative estimate of drug-likeness (QED) is 0.176. The number of nitrogens with one attached hydrogen (secondary N) is 1. The molecule has 2 aromatic rings.